The molecule has 1 fully saturated rings. The van der Waals surface area contributed by atoms with Crippen LogP contribution < -0.4 is 11.5 Å². The topological polar surface area (TPSA) is 52.0 Å². The normalized spacial score (nSPS) is 18.1. The van der Waals surface area contributed by atoms with E-state index in [2.05, 4.69) is 118 Å². The summed E-state index contributed by atoms with van der Waals surface area (Å²) in [5.74, 6) is 1.66. The van der Waals surface area contributed by atoms with Gasteiger partial charge in [-0.25, -0.2) is 0 Å². The molecule has 0 saturated heterocycles. The highest BCUT2D eigenvalue weighted by Gasteiger charge is 2.38. The first kappa shape index (κ1) is 44.6. The summed E-state index contributed by atoms with van der Waals surface area (Å²) in [7, 11) is 0. The number of nitrogens with two attached hydrogens (primary N) is 2. The third-order valence-electron chi connectivity index (χ3n) is 13.8. The second-order valence-electron chi connectivity index (χ2n) is 18.0. The third-order valence-corrected chi connectivity index (χ3v) is 13.8. The highest BCUT2D eigenvalue weighted by Crippen LogP contribution is 2.48. The maximum atomic E-state index is 6.16. The van der Waals surface area contributed by atoms with Crippen molar-refractivity contribution in [3.05, 3.63) is 130 Å². The molecule has 4 N–H and O–H groups in total. The first-order chi connectivity index (χ1) is 28.0. The van der Waals surface area contributed by atoms with Crippen LogP contribution >= 0.6 is 0 Å². The summed E-state index contributed by atoms with van der Waals surface area (Å²) in [5, 5.41) is 0. The van der Waals surface area contributed by atoms with E-state index >= 15 is 0 Å². The second-order valence-corrected chi connectivity index (χ2v) is 18.0. The largest absolute Gasteiger partial charge is 0.399 e. The van der Waals surface area contributed by atoms with Crippen LogP contribution in [0.4, 0.5) is 11.4 Å². The van der Waals surface area contributed by atoms with Crippen LogP contribution in [0.5, 0.6) is 0 Å². The quantitative estimate of drug-likeness (QED) is 0.0494. The molecule has 0 aromatic heterocycles. The molecule has 2 nitrogen and oxygen atoms in total. The van der Waals surface area contributed by atoms with Crippen molar-refractivity contribution in [3.8, 4) is 0 Å². The van der Waals surface area contributed by atoms with Crippen LogP contribution in [0.2, 0.25) is 0 Å². The number of nitrogen functional groups attached to an aromatic ring is 2. The van der Waals surface area contributed by atoms with Crippen LogP contribution in [0, 0.1) is 5.92 Å². The Morgan fingerprint density at radius 2 is 0.737 bits per heavy atom. The van der Waals surface area contributed by atoms with Crippen molar-refractivity contribution >= 4 is 11.4 Å². The van der Waals surface area contributed by atoms with Crippen molar-refractivity contribution in [1.29, 1.82) is 0 Å². The van der Waals surface area contributed by atoms with Gasteiger partial charge in [-0.05, 0) is 102 Å². The summed E-state index contributed by atoms with van der Waals surface area (Å²) < 4.78 is 0. The summed E-state index contributed by atoms with van der Waals surface area (Å²) in [5.41, 5.74) is 22.8. The Hall–Kier alpha value is -3.52. The molecule has 1 aliphatic carbocycles. The van der Waals surface area contributed by atoms with Gasteiger partial charge in [-0.2, -0.15) is 0 Å². The van der Waals surface area contributed by atoms with Crippen LogP contribution in [0.1, 0.15) is 220 Å². The minimum atomic E-state index is 0.0598. The van der Waals surface area contributed by atoms with E-state index in [0.717, 1.165) is 17.3 Å². The Bertz CT molecular complexity index is 1510. The Kier molecular flexibility index (Phi) is 19.1. The smallest absolute Gasteiger partial charge is 0.0314 e. The fraction of sp³-hybridized carbons (Fsp3) is 0.564. The fourth-order valence-electron chi connectivity index (χ4n) is 10.2. The Morgan fingerprint density at radius 3 is 1.07 bits per heavy atom. The lowest BCUT2D eigenvalue weighted by Gasteiger charge is -2.42. The number of rotatable bonds is 26. The molecule has 4 aromatic carbocycles. The van der Waals surface area contributed by atoms with E-state index in [1.807, 2.05) is 0 Å². The third kappa shape index (κ3) is 13.5. The Morgan fingerprint density at radius 1 is 0.421 bits per heavy atom. The number of benzene rings is 4. The van der Waals surface area contributed by atoms with Gasteiger partial charge in [-0.1, -0.05) is 209 Å². The second kappa shape index (κ2) is 24.4. The molecular formula is C55H80N2. The maximum Gasteiger partial charge on any atom is 0.0314 e. The highest BCUT2D eigenvalue weighted by atomic mass is 14.5. The monoisotopic (exact) mass is 769 g/mol. The Balaban J connectivity index is 1.35. The van der Waals surface area contributed by atoms with Gasteiger partial charge in [0, 0.05) is 28.6 Å². The van der Waals surface area contributed by atoms with Gasteiger partial charge in [0.25, 0.3) is 0 Å². The van der Waals surface area contributed by atoms with Crippen LogP contribution in [0.15, 0.2) is 97.1 Å². The minimum Gasteiger partial charge on any atom is -0.399 e. The molecule has 5 rings (SSSR count). The number of unbranched alkanes of at least 4 members (excludes halogenated alkanes) is 14. The van der Waals surface area contributed by atoms with E-state index < -0.39 is 0 Å². The van der Waals surface area contributed by atoms with Crippen molar-refractivity contribution in [1.82, 2.24) is 0 Å². The number of hydrogen-bond donors (Lipinski definition) is 2. The molecule has 0 bridgehead atoms. The molecule has 310 valence electrons. The molecule has 0 heterocycles. The minimum absolute atomic E-state index is 0.0598. The molecule has 1 saturated carbocycles. The van der Waals surface area contributed by atoms with E-state index in [0.29, 0.717) is 11.8 Å². The summed E-state index contributed by atoms with van der Waals surface area (Å²) >= 11 is 0. The van der Waals surface area contributed by atoms with Crippen molar-refractivity contribution in [2.45, 2.75) is 192 Å². The molecule has 0 amide bonds. The van der Waals surface area contributed by atoms with Crippen molar-refractivity contribution in [3.63, 3.8) is 0 Å². The predicted molar refractivity (Wildman–Crippen MR) is 250 cm³/mol. The molecule has 0 spiro atoms. The van der Waals surface area contributed by atoms with Crippen LogP contribution in [0.3, 0.4) is 0 Å². The summed E-state index contributed by atoms with van der Waals surface area (Å²) in [6, 6.07) is 37.4. The molecular weight excluding hydrogens is 689 g/mol. The van der Waals surface area contributed by atoms with E-state index in [9.17, 15) is 0 Å². The average molecular weight is 769 g/mol. The molecule has 2 heteroatoms. The summed E-state index contributed by atoms with van der Waals surface area (Å²) in [6.07, 6.45) is 31.8. The summed E-state index contributed by atoms with van der Waals surface area (Å²) in [4.78, 5) is 0. The van der Waals surface area contributed by atoms with Gasteiger partial charge < -0.3 is 11.5 Å². The van der Waals surface area contributed by atoms with Crippen molar-refractivity contribution in [2.75, 3.05) is 11.5 Å². The van der Waals surface area contributed by atoms with Crippen LogP contribution in [-0.4, -0.2) is 0 Å². The Labute approximate surface area is 350 Å². The zero-order valence-electron chi connectivity index (χ0n) is 36.6. The standard InChI is InChI=1S/C55H80N2/c1-4-7-9-11-13-15-17-19-22-53(47-28-36-51(56)37-29-47)45-24-32-49(33-25-45)55(42-40-44(21-6-3)41-43-55)50-34-26-46(27-35-50)54(48-30-38-52(57)39-31-48)23-20-18-16-14-12-10-8-5-2/h24-39,44,53-54H,4-23,40-43,56-57H2,1-3H3. The SMILES string of the molecule is CCCCCCCCCCC(c1ccc(N)cc1)c1ccc(C2(c3ccc(C(CCCCCCCCCC)c4ccc(N)cc4)cc3)CCC(CCC)CC2)cc1. The van der Waals surface area contributed by atoms with Gasteiger partial charge in [0.1, 0.15) is 0 Å². The molecule has 57 heavy (non-hydrogen) atoms. The lowest BCUT2D eigenvalue weighted by atomic mass is 9.62. The molecule has 0 aliphatic heterocycles. The van der Waals surface area contributed by atoms with Gasteiger partial charge in [0.05, 0.1) is 0 Å². The molecule has 2 atom stereocenters. The summed E-state index contributed by atoms with van der Waals surface area (Å²) in [6.45, 7) is 6.96. The van der Waals surface area contributed by atoms with Gasteiger partial charge >= 0.3 is 0 Å². The first-order valence-corrected chi connectivity index (χ1v) is 23.9. The van der Waals surface area contributed by atoms with Crippen LogP contribution in [0.25, 0.3) is 0 Å². The van der Waals surface area contributed by atoms with Gasteiger partial charge in [0.15, 0.2) is 0 Å². The van der Waals surface area contributed by atoms with E-state index in [4.69, 9.17) is 11.5 Å². The van der Waals surface area contributed by atoms with Gasteiger partial charge in [0.2, 0.25) is 0 Å². The maximum absolute atomic E-state index is 6.16. The fourth-order valence-corrected chi connectivity index (χ4v) is 10.2. The van der Waals surface area contributed by atoms with E-state index in [1.54, 1.807) is 0 Å². The number of hydrogen-bond acceptors (Lipinski definition) is 2. The zero-order chi connectivity index (χ0) is 40.1. The lowest BCUT2D eigenvalue weighted by molar-refractivity contribution is 0.253. The highest BCUT2D eigenvalue weighted by molar-refractivity contribution is 5.47. The van der Waals surface area contributed by atoms with Gasteiger partial charge in [-0.3, -0.25) is 0 Å². The molecule has 0 radical (unpaired) electrons. The van der Waals surface area contributed by atoms with E-state index in [-0.39, 0.29) is 5.41 Å². The zero-order valence-corrected chi connectivity index (χ0v) is 36.6. The van der Waals surface area contributed by atoms with E-state index in [1.165, 1.54) is 187 Å². The first-order valence-electron chi connectivity index (χ1n) is 23.9. The van der Waals surface area contributed by atoms with Crippen molar-refractivity contribution < 1.29 is 0 Å². The lowest BCUT2D eigenvalue weighted by Crippen LogP contribution is -2.33. The van der Waals surface area contributed by atoms with Gasteiger partial charge in [-0.15, -0.1) is 0 Å². The molecule has 2 unspecified atom stereocenters. The molecule has 4 aromatic rings. The number of anilines is 2. The van der Waals surface area contributed by atoms with Crippen molar-refractivity contribution in [2.24, 2.45) is 5.92 Å². The van der Waals surface area contributed by atoms with Crippen LogP contribution in [-0.2, 0) is 5.41 Å². The molecule has 1 aliphatic rings. The average Bonchev–Trinajstić information content (AvgIpc) is 3.24. The predicted octanol–water partition coefficient (Wildman–Crippen LogP) is 16.5.